The number of amides is 3. The largest absolute Gasteiger partial charge is 0.490 e. The molecule has 0 spiro atoms. The Hall–Kier alpha value is -3.83. The molecule has 0 aliphatic heterocycles. The van der Waals surface area contributed by atoms with Gasteiger partial charge < -0.3 is 25.4 Å². The summed E-state index contributed by atoms with van der Waals surface area (Å²) in [4.78, 5) is 47.8. The molecule has 1 fully saturated rings. The molecule has 42 heavy (non-hydrogen) atoms. The van der Waals surface area contributed by atoms with E-state index in [9.17, 15) is 14.4 Å². The number of pyridine rings is 2. The minimum Gasteiger partial charge on any atom is -0.490 e. The maximum atomic E-state index is 13.5. The van der Waals surface area contributed by atoms with Crippen molar-refractivity contribution < 1.29 is 23.9 Å². The van der Waals surface area contributed by atoms with Crippen LogP contribution in [0.2, 0.25) is 5.02 Å². The van der Waals surface area contributed by atoms with E-state index in [0.29, 0.717) is 35.0 Å². The van der Waals surface area contributed by atoms with Crippen LogP contribution < -0.4 is 20.7 Å². The maximum absolute atomic E-state index is 13.5. The third-order valence-electron chi connectivity index (χ3n) is 6.36. The van der Waals surface area contributed by atoms with Crippen molar-refractivity contribution in [3.05, 3.63) is 71.1 Å². The summed E-state index contributed by atoms with van der Waals surface area (Å²) in [6, 6.07) is 11.8. The van der Waals surface area contributed by atoms with Crippen LogP contribution in [0.25, 0.3) is 0 Å². The SMILES string of the molecule is CSc1ccc(C(=O)Nc2cccnc2C(=O)Nc2ccc(Cl)cn2)c(O[C@H]2CC[C@@H](NC(=O)OC(C)(C)C)CC2)c1. The van der Waals surface area contributed by atoms with Crippen LogP contribution in [0.15, 0.2) is 59.8 Å². The standard InChI is InChI=1S/C30H34ClN5O5S/c1-30(2,3)41-29(39)34-19-8-10-20(11-9-19)40-24-16-21(42-4)12-13-22(24)27(37)35-23-6-5-15-32-26(23)28(38)36-25-14-7-18(31)17-33-25/h5-7,12-17,19-20H,8-11H2,1-4H3,(H,34,39)(H,35,37)(H,33,36,38)/t19-,20+. The Bertz CT molecular complexity index is 1420. The molecule has 1 aliphatic rings. The van der Waals surface area contributed by atoms with Gasteiger partial charge in [-0.2, -0.15) is 0 Å². The molecule has 10 nitrogen and oxygen atoms in total. The van der Waals surface area contributed by atoms with E-state index in [-0.39, 0.29) is 23.5 Å². The average molecular weight is 612 g/mol. The Labute approximate surface area is 254 Å². The Kier molecular flexibility index (Phi) is 10.3. The fraction of sp³-hybridized carbons (Fsp3) is 0.367. The van der Waals surface area contributed by atoms with E-state index >= 15 is 0 Å². The Morgan fingerprint density at radius 2 is 1.74 bits per heavy atom. The van der Waals surface area contributed by atoms with Gasteiger partial charge in [0.05, 0.1) is 22.4 Å². The number of carbonyl (C=O) groups is 3. The summed E-state index contributed by atoms with van der Waals surface area (Å²) < 4.78 is 11.7. The van der Waals surface area contributed by atoms with Crippen LogP contribution in [0.5, 0.6) is 5.75 Å². The second-order valence-electron chi connectivity index (χ2n) is 10.8. The molecule has 0 radical (unpaired) electrons. The van der Waals surface area contributed by atoms with E-state index in [0.717, 1.165) is 17.7 Å². The van der Waals surface area contributed by atoms with Crippen molar-refractivity contribution in [3.63, 3.8) is 0 Å². The van der Waals surface area contributed by atoms with Gasteiger partial charge in [0.2, 0.25) is 0 Å². The number of carbonyl (C=O) groups excluding carboxylic acids is 3. The smallest absolute Gasteiger partial charge is 0.407 e. The Balaban J connectivity index is 1.43. The van der Waals surface area contributed by atoms with Crippen LogP contribution >= 0.6 is 23.4 Å². The lowest BCUT2D eigenvalue weighted by Gasteiger charge is -2.30. The van der Waals surface area contributed by atoms with Gasteiger partial charge in [0.15, 0.2) is 5.69 Å². The molecule has 12 heteroatoms. The lowest BCUT2D eigenvalue weighted by molar-refractivity contribution is 0.0469. The van der Waals surface area contributed by atoms with Gasteiger partial charge in [-0.1, -0.05) is 11.6 Å². The van der Waals surface area contributed by atoms with Crippen LogP contribution in [0.1, 0.15) is 67.3 Å². The summed E-state index contributed by atoms with van der Waals surface area (Å²) in [5, 5.41) is 8.85. The van der Waals surface area contributed by atoms with Gasteiger partial charge in [-0.05, 0) is 95.2 Å². The molecule has 222 valence electrons. The number of hydrogen-bond acceptors (Lipinski definition) is 8. The van der Waals surface area contributed by atoms with Crippen LogP contribution in [0.4, 0.5) is 16.3 Å². The number of anilines is 2. The number of ether oxygens (including phenoxy) is 2. The molecule has 1 saturated carbocycles. The third kappa shape index (κ3) is 8.83. The van der Waals surface area contributed by atoms with Gasteiger partial charge in [0, 0.05) is 23.3 Å². The van der Waals surface area contributed by atoms with Crippen molar-refractivity contribution in [2.45, 2.75) is 69.1 Å². The van der Waals surface area contributed by atoms with Gasteiger partial charge in [-0.3, -0.25) is 9.59 Å². The van der Waals surface area contributed by atoms with E-state index in [1.807, 2.05) is 39.2 Å². The lowest BCUT2D eigenvalue weighted by Crippen LogP contribution is -2.42. The first-order valence-electron chi connectivity index (χ1n) is 13.5. The predicted molar refractivity (Wildman–Crippen MR) is 164 cm³/mol. The van der Waals surface area contributed by atoms with Gasteiger partial charge in [0.25, 0.3) is 11.8 Å². The molecule has 0 atom stereocenters. The molecule has 1 aliphatic carbocycles. The monoisotopic (exact) mass is 611 g/mol. The van der Waals surface area contributed by atoms with E-state index in [2.05, 4.69) is 25.9 Å². The molecule has 2 heterocycles. The van der Waals surface area contributed by atoms with Crippen molar-refractivity contribution in [2.24, 2.45) is 0 Å². The fourth-order valence-corrected chi connectivity index (χ4v) is 4.94. The first-order chi connectivity index (χ1) is 20.0. The highest BCUT2D eigenvalue weighted by atomic mass is 35.5. The third-order valence-corrected chi connectivity index (χ3v) is 7.31. The molecule has 3 N–H and O–H groups in total. The first-order valence-corrected chi connectivity index (χ1v) is 15.1. The number of aromatic nitrogens is 2. The molecule has 2 aromatic heterocycles. The average Bonchev–Trinajstić information content (AvgIpc) is 2.94. The minimum absolute atomic E-state index is 0.00165. The second-order valence-corrected chi connectivity index (χ2v) is 12.1. The minimum atomic E-state index is -0.558. The molecule has 0 unspecified atom stereocenters. The Morgan fingerprint density at radius 1 is 0.976 bits per heavy atom. The van der Waals surface area contributed by atoms with Crippen LogP contribution in [0, 0.1) is 0 Å². The van der Waals surface area contributed by atoms with Gasteiger partial charge in [-0.15, -0.1) is 11.8 Å². The summed E-state index contributed by atoms with van der Waals surface area (Å²) in [6.07, 6.45) is 7.14. The lowest BCUT2D eigenvalue weighted by atomic mass is 9.93. The Morgan fingerprint density at radius 3 is 2.40 bits per heavy atom. The summed E-state index contributed by atoms with van der Waals surface area (Å²) >= 11 is 7.42. The van der Waals surface area contributed by atoms with Crippen molar-refractivity contribution in [1.82, 2.24) is 15.3 Å². The fourth-order valence-electron chi connectivity index (χ4n) is 4.40. The molecule has 0 bridgehead atoms. The molecule has 1 aromatic carbocycles. The zero-order valence-electron chi connectivity index (χ0n) is 23.9. The summed E-state index contributed by atoms with van der Waals surface area (Å²) in [6.45, 7) is 5.49. The number of alkyl carbamates (subject to hydrolysis) is 1. The normalized spacial score (nSPS) is 16.7. The number of benzene rings is 1. The quantitative estimate of drug-likeness (QED) is 0.244. The summed E-state index contributed by atoms with van der Waals surface area (Å²) in [7, 11) is 0. The number of thioether (sulfide) groups is 1. The van der Waals surface area contributed by atoms with Crippen LogP contribution in [-0.2, 0) is 4.74 Å². The highest BCUT2D eigenvalue weighted by Gasteiger charge is 2.27. The molecular weight excluding hydrogens is 578 g/mol. The summed E-state index contributed by atoms with van der Waals surface area (Å²) in [5.74, 6) is -0.230. The highest BCUT2D eigenvalue weighted by Crippen LogP contribution is 2.31. The van der Waals surface area contributed by atoms with Crippen molar-refractivity contribution >= 4 is 52.8 Å². The maximum Gasteiger partial charge on any atom is 0.407 e. The van der Waals surface area contributed by atoms with E-state index in [1.165, 1.54) is 24.2 Å². The molecule has 3 amide bonds. The van der Waals surface area contributed by atoms with Gasteiger partial charge in [0.1, 0.15) is 17.2 Å². The number of nitrogens with zero attached hydrogens (tertiary/aromatic N) is 2. The van der Waals surface area contributed by atoms with Crippen LogP contribution in [0.3, 0.4) is 0 Å². The van der Waals surface area contributed by atoms with Gasteiger partial charge >= 0.3 is 6.09 Å². The number of hydrogen-bond donors (Lipinski definition) is 3. The molecule has 3 aromatic rings. The molecule has 0 saturated heterocycles. The number of rotatable bonds is 8. The first kappa shape index (κ1) is 31.1. The summed E-state index contributed by atoms with van der Waals surface area (Å²) in [5.41, 5.74) is 0.0402. The van der Waals surface area contributed by atoms with E-state index in [1.54, 1.807) is 30.3 Å². The molecular formula is C30H34ClN5O5S. The van der Waals surface area contributed by atoms with Crippen LogP contribution in [-0.4, -0.2) is 51.9 Å². The predicted octanol–water partition coefficient (Wildman–Crippen LogP) is 6.57. The van der Waals surface area contributed by atoms with Crippen molar-refractivity contribution in [2.75, 3.05) is 16.9 Å². The van der Waals surface area contributed by atoms with Gasteiger partial charge in [-0.25, -0.2) is 14.8 Å². The highest BCUT2D eigenvalue weighted by molar-refractivity contribution is 7.98. The molecule has 4 rings (SSSR count). The van der Waals surface area contributed by atoms with Crippen molar-refractivity contribution in [1.29, 1.82) is 0 Å². The zero-order chi connectivity index (χ0) is 30.3. The van der Waals surface area contributed by atoms with E-state index in [4.69, 9.17) is 21.1 Å². The second kappa shape index (κ2) is 13.9. The topological polar surface area (TPSA) is 132 Å². The van der Waals surface area contributed by atoms with Crippen molar-refractivity contribution in [3.8, 4) is 5.75 Å². The van der Waals surface area contributed by atoms with E-state index < -0.39 is 23.5 Å². The zero-order valence-corrected chi connectivity index (χ0v) is 25.5. The number of nitrogens with one attached hydrogen (secondary N) is 3. The number of halogens is 1.